The molecule has 0 aromatic carbocycles. The third-order valence-corrected chi connectivity index (χ3v) is 17.0. The van der Waals surface area contributed by atoms with Gasteiger partial charge in [0.15, 0.2) is 6.10 Å². The SMILES string of the molecule is CCCCCCC/C=C\CCCCCCCC(=O)OCC(COC(=O)CCCCCCCCCCCCCCCCCCCCCCCCCCCCCCCC)OC(=O)CCCCCCCCCCCCCCCCCCCC. The lowest BCUT2D eigenvalue weighted by atomic mass is 10.0. The molecule has 0 aliphatic heterocycles. The molecular formula is C74H142O6. The Morgan fingerprint density at radius 1 is 0.237 bits per heavy atom. The van der Waals surface area contributed by atoms with Crippen molar-refractivity contribution < 1.29 is 28.6 Å². The summed E-state index contributed by atoms with van der Waals surface area (Å²) in [6, 6.07) is 0. The molecule has 0 fully saturated rings. The minimum absolute atomic E-state index is 0.0656. The van der Waals surface area contributed by atoms with Crippen molar-refractivity contribution in [3.63, 3.8) is 0 Å². The summed E-state index contributed by atoms with van der Waals surface area (Å²) < 4.78 is 17.0. The standard InChI is InChI=1S/C74H142O6/c1-4-7-10-13-16-19-22-25-28-30-32-33-34-35-36-37-38-39-40-41-42-43-45-46-49-52-55-58-61-64-67-73(76)79-70-71(69-78-72(75)66-63-60-57-54-51-48-27-24-21-18-15-12-9-6-3)80-74(77)68-65-62-59-56-53-50-47-44-31-29-26-23-20-17-14-11-8-5-2/h24,27,71H,4-23,25-26,28-70H2,1-3H3/b27-24-. The molecule has 6 heteroatoms. The fourth-order valence-electron chi connectivity index (χ4n) is 11.5. The van der Waals surface area contributed by atoms with Gasteiger partial charge in [-0.05, 0) is 44.9 Å². The number of ether oxygens (including phenoxy) is 3. The summed E-state index contributed by atoms with van der Waals surface area (Å²) in [5, 5.41) is 0. The molecule has 80 heavy (non-hydrogen) atoms. The van der Waals surface area contributed by atoms with Crippen LogP contribution in [0.2, 0.25) is 0 Å². The zero-order valence-corrected chi connectivity index (χ0v) is 54.6. The minimum atomic E-state index is -0.770. The molecule has 0 bridgehead atoms. The first-order valence-electron chi connectivity index (χ1n) is 36.7. The maximum absolute atomic E-state index is 12.9. The van der Waals surface area contributed by atoms with Gasteiger partial charge in [-0.3, -0.25) is 14.4 Å². The number of hydrogen-bond donors (Lipinski definition) is 0. The summed E-state index contributed by atoms with van der Waals surface area (Å²) >= 11 is 0. The van der Waals surface area contributed by atoms with Crippen LogP contribution in [0.3, 0.4) is 0 Å². The van der Waals surface area contributed by atoms with Gasteiger partial charge in [0.1, 0.15) is 13.2 Å². The molecular weight excluding hydrogens is 985 g/mol. The van der Waals surface area contributed by atoms with Crippen LogP contribution in [0.4, 0.5) is 0 Å². The summed E-state index contributed by atoms with van der Waals surface area (Å²) in [7, 11) is 0. The van der Waals surface area contributed by atoms with Crippen LogP contribution in [0.15, 0.2) is 12.2 Å². The summed E-state index contributed by atoms with van der Waals surface area (Å²) in [6.45, 7) is 6.72. The largest absolute Gasteiger partial charge is 0.462 e. The number of unbranched alkanes of at least 4 members (excludes halogenated alkanes) is 56. The van der Waals surface area contributed by atoms with Gasteiger partial charge in [0.05, 0.1) is 0 Å². The Bertz CT molecular complexity index is 1250. The van der Waals surface area contributed by atoms with E-state index in [-0.39, 0.29) is 31.1 Å². The van der Waals surface area contributed by atoms with Crippen LogP contribution in [-0.4, -0.2) is 37.2 Å². The van der Waals surface area contributed by atoms with Gasteiger partial charge in [0.2, 0.25) is 0 Å². The predicted molar refractivity (Wildman–Crippen MR) is 349 cm³/mol. The van der Waals surface area contributed by atoms with Crippen LogP contribution >= 0.6 is 0 Å². The third-order valence-electron chi connectivity index (χ3n) is 17.0. The van der Waals surface area contributed by atoms with Gasteiger partial charge >= 0.3 is 17.9 Å². The minimum Gasteiger partial charge on any atom is -0.462 e. The first-order valence-corrected chi connectivity index (χ1v) is 36.7. The molecule has 0 rings (SSSR count). The predicted octanol–water partition coefficient (Wildman–Crippen LogP) is 25.2. The van der Waals surface area contributed by atoms with Crippen molar-refractivity contribution in [2.24, 2.45) is 0 Å². The molecule has 474 valence electrons. The molecule has 0 N–H and O–H groups in total. The van der Waals surface area contributed by atoms with Crippen LogP contribution in [0, 0.1) is 0 Å². The Morgan fingerprint density at radius 3 is 0.625 bits per heavy atom. The van der Waals surface area contributed by atoms with Crippen molar-refractivity contribution in [1.82, 2.24) is 0 Å². The monoisotopic (exact) mass is 1130 g/mol. The zero-order valence-electron chi connectivity index (χ0n) is 54.6. The number of rotatable bonds is 69. The van der Waals surface area contributed by atoms with Gasteiger partial charge in [-0.1, -0.05) is 373 Å². The van der Waals surface area contributed by atoms with Gasteiger partial charge in [0, 0.05) is 19.3 Å². The smallest absolute Gasteiger partial charge is 0.306 e. The maximum Gasteiger partial charge on any atom is 0.306 e. The van der Waals surface area contributed by atoms with E-state index >= 15 is 0 Å². The van der Waals surface area contributed by atoms with Crippen molar-refractivity contribution in [3.8, 4) is 0 Å². The number of hydrogen-bond acceptors (Lipinski definition) is 6. The first-order chi connectivity index (χ1) is 39.5. The lowest BCUT2D eigenvalue weighted by Gasteiger charge is -2.18. The summed E-state index contributed by atoms with van der Waals surface area (Å²) in [6.07, 6.45) is 84.0. The Kier molecular flexibility index (Phi) is 68.0. The van der Waals surface area contributed by atoms with Gasteiger partial charge in [0.25, 0.3) is 0 Å². The number of esters is 3. The summed E-state index contributed by atoms with van der Waals surface area (Å²) in [5.74, 6) is -0.839. The van der Waals surface area contributed by atoms with E-state index in [1.165, 1.54) is 321 Å². The molecule has 0 aromatic heterocycles. The molecule has 0 radical (unpaired) electrons. The summed E-state index contributed by atoms with van der Waals surface area (Å²) in [5.41, 5.74) is 0. The van der Waals surface area contributed by atoms with Crippen molar-refractivity contribution in [3.05, 3.63) is 12.2 Å². The zero-order chi connectivity index (χ0) is 57.8. The highest BCUT2D eigenvalue weighted by molar-refractivity contribution is 5.71. The summed E-state index contributed by atoms with van der Waals surface area (Å²) in [4.78, 5) is 38.4. The molecule has 6 nitrogen and oxygen atoms in total. The van der Waals surface area contributed by atoms with Gasteiger partial charge in [-0.2, -0.15) is 0 Å². The second-order valence-electron chi connectivity index (χ2n) is 25.2. The van der Waals surface area contributed by atoms with E-state index in [0.29, 0.717) is 19.3 Å². The van der Waals surface area contributed by atoms with E-state index in [1.807, 2.05) is 0 Å². The highest BCUT2D eigenvalue weighted by Gasteiger charge is 2.20. The fraction of sp³-hybridized carbons (Fsp3) is 0.932. The number of carbonyl (C=O) groups is 3. The van der Waals surface area contributed by atoms with Gasteiger partial charge in [-0.15, -0.1) is 0 Å². The van der Waals surface area contributed by atoms with E-state index in [0.717, 1.165) is 64.2 Å². The molecule has 0 amide bonds. The fourth-order valence-corrected chi connectivity index (χ4v) is 11.5. The normalized spacial score (nSPS) is 12.0. The Hall–Kier alpha value is -1.85. The second kappa shape index (κ2) is 69.6. The average molecular weight is 1130 g/mol. The molecule has 0 aliphatic carbocycles. The number of carbonyl (C=O) groups excluding carboxylic acids is 3. The molecule has 0 spiro atoms. The van der Waals surface area contributed by atoms with Gasteiger partial charge in [-0.25, -0.2) is 0 Å². The molecule has 1 unspecified atom stereocenters. The van der Waals surface area contributed by atoms with Crippen molar-refractivity contribution in [2.45, 2.75) is 431 Å². The van der Waals surface area contributed by atoms with Crippen LogP contribution in [0.5, 0.6) is 0 Å². The lowest BCUT2D eigenvalue weighted by Crippen LogP contribution is -2.30. The van der Waals surface area contributed by atoms with E-state index in [1.54, 1.807) is 0 Å². The quantitative estimate of drug-likeness (QED) is 0.0261. The van der Waals surface area contributed by atoms with Gasteiger partial charge < -0.3 is 14.2 Å². The maximum atomic E-state index is 12.9. The van der Waals surface area contributed by atoms with E-state index in [9.17, 15) is 14.4 Å². The molecule has 0 saturated carbocycles. The Balaban J connectivity index is 4.14. The Labute approximate surface area is 501 Å². The molecule has 0 aromatic rings. The molecule has 0 aliphatic rings. The molecule has 0 saturated heterocycles. The van der Waals surface area contributed by atoms with Crippen LogP contribution < -0.4 is 0 Å². The topological polar surface area (TPSA) is 78.9 Å². The van der Waals surface area contributed by atoms with Crippen molar-refractivity contribution in [1.29, 1.82) is 0 Å². The van der Waals surface area contributed by atoms with Crippen molar-refractivity contribution in [2.75, 3.05) is 13.2 Å². The van der Waals surface area contributed by atoms with Crippen LogP contribution in [0.25, 0.3) is 0 Å². The highest BCUT2D eigenvalue weighted by atomic mass is 16.6. The average Bonchev–Trinajstić information content (AvgIpc) is 3.46. The third kappa shape index (κ3) is 66.9. The first kappa shape index (κ1) is 78.1. The van der Waals surface area contributed by atoms with E-state index < -0.39 is 6.10 Å². The molecule has 0 heterocycles. The van der Waals surface area contributed by atoms with E-state index in [2.05, 4.69) is 32.9 Å². The van der Waals surface area contributed by atoms with Crippen LogP contribution in [0.1, 0.15) is 425 Å². The Morgan fingerprint density at radius 2 is 0.412 bits per heavy atom. The lowest BCUT2D eigenvalue weighted by molar-refractivity contribution is -0.167. The van der Waals surface area contributed by atoms with Crippen LogP contribution in [-0.2, 0) is 28.6 Å². The van der Waals surface area contributed by atoms with E-state index in [4.69, 9.17) is 14.2 Å². The second-order valence-corrected chi connectivity index (χ2v) is 25.2. The highest BCUT2D eigenvalue weighted by Crippen LogP contribution is 2.19. The van der Waals surface area contributed by atoms with Crippen molar-refractivity contribution >= 4 is 17.9 Å². The number of allylic oxidation sites excluding steroid dienone is 2. The molecule has 1 atom stereocenters.